The van der Waals surface area contributed by atoms with Crippen LogP contribution in [0.4, 0.5) is 0 Å². The van der Waals surface area contributed by atoms with Crippen LogP contribution >= 0.6 is 0 Å². The Bertz CT molecular complexity index is 940. The van der Waals surface area contributed by atoms with Gasteiger partial charge in [-0.05, 0) is 12.1 Å². The van der Waals surface area contributed by atoms with Crippen molar-refractivity contribution in [3.63, 3.8) is 0 Å². The monoisotopic (exact) mass is 274 g/mol. The molecular weight excluding hydrogens is 260 g/mol. The third-order valence-corrected chi connectivity index (χ3v) is 3.73. The van der Waals surface area contributed by atoms with Crippen LogP contribution in [0.15, 0.2) is 60.9 Å². The molecule has 4 aromatic rings. The van der Waals surface area contributed by atoms with Crippen LogP contribution < -0.4 is 5.73 Å². The highest BCUT2D eigenvalue weighted by atomic mass is 15.3. The maximum absolute atomic E-state index is 5.91. The molecule has 2 heterocycles. The van der Waals surface area contributed by atoms with Gasteiger partial charge in [-0.25, -0.2) is 4.68 Å². The number of para-hydroxylation sites is 2. The van der Waals surface area contributed by atoms with Crippen LogP contribution in [0.5, 0.6) is 0 Å². The van der Waals surface area contributed by atoms with Gasteiger partial charge in [0.05, 0.1) is 22.9 Å². The maximum Gasteiger partial charge on any atom is 0.0807 e. The topological polar surface area (TPSA) is 56.7 Å². The van der Waals surface area contributed by atoms with E-state index in [4.69, 9.17) is 5.73 Å². The number of rotatable bonds is 2. The Hall–Kier alpha value is -2.72. The van der Waals surface area contributed by atoms with Gasteiger partial charge >= 0.3 is 0 Å². The first-order chi connectivity index (χ1) is 10.4. The summed E-state index contributed by atoms with van der Waals surface area (Å²) in [4.78, 5) is 4.48. The van der Waals surface area contributed by atoms with Gasteiger partial charge in [0.15, 0.2) is 0 Å². The summed E-state index contributed by atoms with van der Waals surface area (Å²) in [7, 11) is 0. The third kappa shape index (κ3) is 1.80. The molecule has 0 saturated carbocycles. The van der Waals surface area contributed by atoms with E-state index in [-0.39, 0.29) is 0 Å². The van der Waals surface area contributed by atoms with E-state index in [1.165, 1.54) is 0 Å². The maximum atomic E-state index is 5.91. The van der Waals surface area contributed by atoms with E-state index < -0.39 is 0 Å². The largest absolute Gasteiger partial charge is 0.326 e. The fourth-order valence-corrected chi connectivity index (χ4v) is 2.72. The zero-order valence-corrected chi connectivity index (χ0v) is 11.4. The van der Waals surface area contributed by atoms with E-state index in [9.17, 15) is 0 Å². The van der Waals surface area contributed by atoms with Crippen molar-refractivity contribution in [3.8, 4) is 5.69 Å². The molecule has 0 saturated heterocycles. The molecule has 2 aromatic carbocycles. The van der Waals surface area contributed by atoms with Gasteiger partial charge in [0.25, 0.3) is 0 Å². The van der Waals surface area contributed by atoms with Gasteiger partial charge in [0.1, 0.15) is 0 Å². The van der Waals surface area contributed by atoms with Gasteiger partial charge in [-0.15, -0.1) is 0 Å². The average molecular weight is 274 g/mol. The molecule has 4 heteroatoms. The van der Waals surface area contributed by atoms with Gasteiger partial charge in [-0.3, -0.25) is 4.98 Å². The lowest BCUT2D eigenvalue weighted by molar-refractivity contribution is 0.889. The Labute approximate surface area is 121 Å². The highest BCUT2D eigenvalue weighted by molar-refractivity contribution is 5.91. The molecule has 0 amide bonds. The summed E-state index contributed by atoms with van der Waals surface area (Å²) in [6, 6.07) is 16.2. The second-order valence-electron chi connectivity index (χ2n) is 4.97. The van der Waals surface area contributed by atoms with Crippen molar-refractivity contribution in [3.05, 3.63) is 66.5 Å². The Morgan fingerprint density at radius 1 is 0.952 bits per heavy atom. The lowest BCUT2D eigenvalue weighted by Gasteiger charge is -2.12. The molecule has 4 rings (SSSR count). The zero-order chi connectivity index (χ0) is 14.2. The normalized spacial score (nSPS) is 11.3. The van der Waals surface area contributed by atoms with Crippen molar-refractivity contribution in [2.24, 2.45) is 5.73 Å². The molecule has 21 heavy (non-hydrogen) atoms. The van der Waals surface area contributed by atoms with Crippen LogP contribution in [0.1, 0.15) is 5.56 Å². The van der Waals surface area contributed by atoms with Gasteiger partial charge in [-0.1, -0.05) is 36.4 Å². The quantitative estimate of drug-likeness (QED) is 0.611. The van der Waals surface area contributed by atoms with E-state index >= 15 is 0 Å². The minimum atomic E-state index is 0.432. The molecular formula is C17H14N4. The van der Waals surface area contributed by atoms with Gasteiger partial charge in [-0.2, -0.15) is 5.10 Å². The van der Waals surface area contributed by atoms with Crippen LogP contribution in [-0.4, -0.2) is 14.8 Å². The van der Waals surface area contributed by atoms with E-state index in [1.54, 1.807) is 0 Å². The molecule has 0 atom stereocenters. The van der Waals surface area contributed by atoms with Gasteiger partial charge in [0.2, 0.25) is 0 Å². The molecule has 0 fully saturated rings. The summed E-state index contributed by atoms with van der Waals surface area (Å²) < 4.78 is 1.96. The van der Waals surface area contributed by atoms with Crippen LogP contribution in [0.3, 0.4) is 0 Å². The average Bonchev–Trinajstić information content (AvgIpc) is 2.97. The fourth-order valence-electron chi connectivity index (χ4n) is 2.72. The van der Waals surface area contributed by atoms with Crippen LogP contribution in [0.25, 0.3) is 27.5 Å². The Morgan fingerprint density at radius 2 is 1.76 bits per heavy atom. The van der Waals surface area contributed by atoms with Crippen LogP contribution in [0, 0.1) is 0 Å². The molecule has 0 aliphatic carbocycles. The van der Waals surface area contributed by atoms with Crippen molar-refractivity contribution in [1.82, 2.24) is 14.8 Å². The van der Waals surface area contributed by atoms with Crippen LogP contribution in [-0.2, 0) is 6.54 Å². The lowest BCUT2D eigenvalue weighted by atomic mass is 10.1. The Morgan fingerprint density at radius 3 is 2.67 bits per heavy atom. The predicted octanol–water partition coefficient (Wildman–Crippen LogP) is 3.03. The second kappa shape index (κ2) is 4.68. The Balaban J connectivity index is 2.14. The molecule has 0 bridgehead atoms. The first-order valence-electron chi connectivity index (χ1n) is 6.88. The van der Waals surface area contributed by atoms with E-state index in [0.717, 1.165) is 33.1 Å². The number of benzene rings is 2. The lowest BCUT2D eigenvalue weighted by Crippen LogP contribution is -2.07. The van der Waals surface area contributed by atoms with E-state index in [0.29, 0.717) is 6.54 Å². The molecule has 0 aliphatic rings. The molecule has 0 radical (unpaired) electrons. The summed E-state index contributed by atoms with van der Waals surface area (Å²) >= 11 is 0. The van der Waals surface area contributed by atoms with E-state index in [2.05, 4.69) is 28.3 Å². The summed E-state index contributed by atoms with van der Waals surface area (Å²) in [5, 5.41) is 6.73. The third-order valence-electron chi connectivity index (χ3n) is 3.73. The minimum absolute atomic E-state index is 0.432. The number of hydrogen-bond acceptors (Lipinski definition) is 3. The van der Waals surface area contributed by atoms with Gasteiger partial charge in [0, 0.05) is 29.1 Å². The SMILES string of the molecule is NCc1cnc2ccccc2c1-n1ncc2ccccc21. The standard InChI is InChI=1S/C17H14N4/c18-9-13-10-19-15-7-3-2-6-14(15)17(13)21-16-8-4-1-5-12(16)11-20-21/h1-8,10-11H,9,18H2. The van der Waals surface area contributed by atoms with Crippen LogP contribution in [0.2, 0.25) is 0 Å². The number of nitrogens with two attached hydrogens (primary N) is 1. The molecule has 0 aliphatic heterocycles. The molecule has 102 valence electrons. The summed E-state index contributed by atoms with van der Waals surface area (Å²) in [5.74, 6) is 0. The van der Waals surface area contributed by atoms with Gasteiger partial charge < -0.3 is 5.73 Å². The fraction of sp³-hybridized carbons (Fsp3) is 0.0588. The van der Waals surface area contributed by atoms with Crippen molar-refractivity contribution in [2.75, 3.05) is 0 Å². The summed E-state index contributed by atoms with van der Waals surface area (Å²) in [5.41, 5.74) is 9.94. The molecule has 0 unspecified atom stereocenters. The first-order valence-corrected chi connectivity index (χ1v) is 6.88. The highest BCUT2D eigenvalue weighted by Gasteiger charge is 2.12. The molecule has 2 aromatic heterocycles. The van der Waals surface area contributed by atoms with E-state index in [1.807, 2.05) is 47.4 Å². The number of pyridine rings is 1. The second-order valence-corrected chi connectivity index (χ2v) is 4.97. The smallest absolute Gasteiger partial charge is 0.0807 e. The number of nitrogens with zero attached hydrogens (tertiary/aromatic N) is 3. The predicted molar refractivity (Wildman–Crippen MR) is 84.3 cm³/mol. The number of aromatic nitrogens is 3. The summed E-state index contributed by atoms with van der Waals surface area (Å²) in [6.07, 6.45) is 3.72. The Kier molecular flexibility index (Phi) is 2.69. The van der Waals surface area contributed by atoms with Crippen molar-refractivity contribution in [1.29, 1.82) is 0 Å². The number of fused-ring (bicyclic) bond motifs is 2. The first kappa shape index (κ1) is 12.1. The van der Waals surface area contributed by atoms with Crippen molar-refractivity contribution in [2.45, 2.75) is 6.54 Å². The number of hydrogen-bond donors (Lipinski definition) is 1. The van der Waals surface area contributed by atoms with Crippen molar-refractivity contribution < 1.29 is 0 Å². The zero-order valence-electron chi connectivity index (χ0n) is 11.4. The highest BCUT2D eigenvalue weighted by Crippen LogP contribution is 2.27. The summed E-state index contributed by atoms with van der Waals surface area (Å²) in [6.45, 7) is 0.432. The molecule has 2 N–H and O–H groups in total. The molecule has 0 spiro atoms. The minimum Gasteiger partial charge on any atom is -0.326 e. The van der Waals surface area contributed by atoms with Crippen molar-refractivity contribution >= 4 is 21.8 Å². The molecule has 4 nitrogen and oxygen atoms in total.